The third-order valence-electron chi connectivity index (χ3n) is 5.28. The molecule has 0 spiro atoms. The highest BCUT2D eigenvalue weighted by Gasteiger charge is 2.25. The van der Waals surface area contributed by atoms with E-state index in [1.165, 1.54) is 4.68 Å². The molecule has 2 aromatic carbocycles. The van der Waals surface area contributed by atoms with Gasteiger partial charge in [0.05, 0.1) is 26.5 Å². The van der Waals surface area contributed by atoms with E-state index < -0.39 is 0 Å². The number of nitrogens with zero attached hydrogens (tertiary/aromatic N) is 3. The lowest BCUT2D eigenvalue weighted by Crippen LogP contribution is -2.31. The molecule has 0 unspecified atom stereocenters. The number of piperidine rings is 1. The summed E-state index contributed by atoms with van der Waals surface area (Å²) in [6.45, 7) is 2.19. The second kappa shape index (κ2) is 8.53. The summed E-state index contributed by atoms with van der Waals surface area (Å²) >= 11 is 0. The zero-order chi connectivity index (χ0) is 20.2. The van der Waals surface area contributed by atoms with Crippen molar-refractivity contribution < 1.29 is 9.47 Å². The molecule has 0 amide bonds. The van der Waals surface area contributed by atoms with Crippen LogP contribution in [0.15, 0.2) is 53.3 Å². The normalized spacial score (nSPS) is 16.6. The number of aromatic nitrogens is 3. The molecule has 0 aliphatic carbocycles. The summed E-state index contributed by atoms with van der Waals surface area (Å²) in [6, 6.07) is 15.3. The number of benzene rings is 2. The topological polar surface area (TPSA) is 70.3 Å². The van der Waals surface area contributed by atoms with Gasteiger partial charge in [-0.1, -0.05) is 18.2 Å². The second-order valence-corrected chi connectivity index (χ2v) is 7.23. The fourth-order valence-electron chi connectivity index (χ4n) is 3.81. The van der Waals surface area contributed by atoms with Gasteiger partial charge in [-0.05, 0) is 49.2 Å². The predicted molar refractivity (Wildman–Crippen MR) is 111 cm³/mol. The lowest BCUT2D eigenvalue weighted by atomic mass is 9.99. The van der Waals surface area contributed by atoms with Gasteiger partial charge in [0.25, 0.3) is 0 Å². The van der Waals surface area contributed by atoms with E-state index in [2.05, 4.69) is 5.32 Å². The molecule has 1 aliphatic rings. The number of para-hydroxylation sites is 1. The van der Waals surface area contributed by atoms with Crippen LogP contribution in [0.25, 0.3) is 5.69 Å². The summed E-state index contributed by atoms with van der Waals surface area (Å²) in [7, 11) is 3.23. The summed E-state index contributed by atoms with van der Waals surface area (Å²) in [4.78, 5) is 13.3. The highest BCUT2D eigenvalue weighted by Crippen LogP contribution is 2.25. The van der Waals surface area contributed by atoms with E-state index in [4.69, 9.17) is 14.6 Å². The van der Waals surface area contributed by atoms with Gasteiger partial charge in [-0.15, -0.1) is 0 Å². The Balaban J connectivity index is 1.77. The number of methoxy groups -OCH3 is 2. The molecular formula is C22H26N4O3. The number of hydrogen-bond donors (Lipinski definition) is 1. The zero-order valence-corrected chi connectivity index (χ0v) is 16.8. The van der Waals surface area contributed by atoms with Crippen LogP contribution in [0.1, 0.15) is 30.1 Å². The van der Waals surface area contributed by atoms with Gasteiger partial charge in [-0.2, -0.15) is 5.10 Å². The van der Waals surface area contributed by atoms with E-state index in [0.717, 1.165) is 43.0 Å². The van der Waals surface area contributed by atoms with Crippen LogP contribution in [0.3, 0.4) is 0 Å². The van der Waals surface area contributed by atoms with E-state index in [1.807, 2.05) is 48.5 Å². The first-order valence-corrected chi connectivity index (χ1v) is 9.87. The fraction of sp³-hybridized carbons (Fsp3) is 0.364. The molecule has 1 atom stereocenters. The summed E-state index contributed by atoms with van der Waals surface area (Å²) in [5, 5.41) is 8.18. The molecule has 1 saturated heterocycles. The van der Waals surface area contributed by atoms with E-state index in [0.29, 0.717) is 18.0 Å². The van der Waals surface area contributed by atoms with Gasteiger partial charge in [-0.3, -0.25) is 0 Å². The lowest BCUT2D eigenvalue weighted by Gasteiger charge is -2.22. The molecule has 1 N–H and O–H groups in total. The van der Waals surface area contributed by atoms with Crippen molar-refractivity contribution in [3.8, 4) is 17.2 Å². The molecule has 1 aliphatic heterocycles. The van der Waals surface area contributed by atoms with E-state index >= 15 is 0 Å². The average Bonchev–Trinajstić information content (AvgIpc) is 3.10. The Bertz CT molecular complexity index is 998. The van der Waals surface area contributed by atoms with Crippen molar-refractivity contribution in [2.24, 2.45) is 0 Å². The molecule has 7 heteroatoms. The lowest BCUT2D eigenvalue weighted by molar-refractivity contribution is 0.393. The molecule has 7 nitrogen and oxygen atoms in total. The third kappa shape index (κ3) is 4.05. The van der Waals surface area contributed by atoms with Crippen LogP contribution in [0.5, 0.6) is 11.5 Å². The van der Waals surface area contributed by atoms with Crippen molar-refractivity contribution in [2.75, 3.05) is 27.3 Å². The van der Waals surface area contributed by atoms with Crippen LogP contribution < -0.4 is 20.5 Å². The smallest absolute Gasteiger partial charge is 0.350 e. The third-order valence-corrected chi connectivity index (χ3v) is 5.28. The quantitative estimate of drug-likeness (QED) is 0.696. The monoisotopic (exact) mass is 394 g/mol. The van der Waals surface area contributed by atoms with Crippen LogP contribution in [0.2, 0.25) is 0 Å². The first-order chi connectivity index (χ1) is 14.2. The maximum atomic E-state index is 13.3. The number of ether oxygens (including phenoxy) is 2. The molecule has 2 heterocycles. The molecule has 0 saturated carbocycles. The van der Waals surface area contributed by atoms with Crippen molar-refractivity contribution in [3.63, 3.8) is 0 Å². The average molecular weight is 394 g/mol. The minimum absolute atomic E-state index is 0.140. The Hall–Kier alpha value is -3.06. The maximum Gasteiger partial charge on any atom is 0.350 e. The Labute approximate surface area is 169 Å². The molecule has 1 fully saturated rings. The first-order valence-electron chi connectivity index (χ1n) is 9.87. The second-order valence-electron chi connectivity index (χ2n) is 7.23. The SMILES string of the molecule is COc1cc(Cn2nc([C@@H]3CCCNC3)n(-c3ccccc3)c2=O)cc(OC)c1. The minimum Gasteiger partial charge on any atom is -0.497 e. The molecule has 3 aromatic rings. The molecule has 4 rings (SSSR count). The van der Waals surface area contributed by atoms with E-state index in [9.17, 15) is 4.79 Å². The van der Waals surface area contributed by atoms with E-state index in [-0.39, 0.29) is 11.6 Å². The molecule has 1 aromatic heterocycles. The molecule has 152 valence electrons. The summed E-state index contributed by atoms with van der Waals surface area (Å²) in [5.41, 5.74) is 1.60. The molecular weight excluding hydrogens is 368 g/mol. The number of rotatable bonds is 6. The maximum absolute atomic E-state index is 13.3. The Morgan fingerprint density at radius 2 is 1.83 bits per heavy atom. The van der Waals surface area contributed by atoms with Gasteiger partial charge in [0.1, 0.15) is 17.3 Å². The molecule has 0 bridgehead atoms. The predicted octanol–water partition coefficient (Wildman–Crippen LogP) is 2.57. The summed E-state index contributed by atoms with van der Waals surface area (Å²) in [6.07, 6.45) is 2.09. The van der Waals surface area contributed by atoms with Gasteiger partial charge in [0, 0.05) is 18.5 Å². The Morgan fingerprint density at radius 1 is 1.10 bits per heavy atom. The van der Waals surface area contributed by atoms with Crippen LogP contribution in [-0.2, 0) is 6.54 Å². The van der Waals surface area contributed by atoms with Gasteiger partial charge >= 0.3 is 5.69 Å². The number of nitrogens with one attached hydrogen (secondary N) is 1. The highest BCUT2D eigenvalue weighted by atomic mass is 16.5. The van der Waals surface area contributed by atoms with Crippen molar-refractivity contribution in [2.45, 2.75) is 25.3 Å². The summed E-state index contributed by atoms with van der Waals surface area (Å²) in [5.74, 6) is 2.39. The van der Waals surface area contributed by atoms with Crippen LogP contribution in [0.4, 0.5) is 0 Å². The zero-order valence-electron chi connectivity index (χ0n) is 16.8. The van der Waals surface area contributed by atoms with Gasteiger partial charge < -0.3 is 14.8 Å². The van der Waals surface area contributed by atoms with Crippen LogP contribution in [-0.4, -0.2) is 41.7 Å². The van der Waals surface area contributed by atoms with Crippen molar-refractivity contribution in [1.82, 2.24) is 19.7 Å². The minimum atomic E-state index is -0.140. The number of hydrogen-bond acceptors (Lipinski definition) is 5. The van der Waals surface area contributed by atoms with Gasteiger partial charge in [0.2, 0.25) is 0 Å². The Morgan fingerprint density at radius 3 is 2.45 bits per heavy atom. The van der Waals surface area contributed by atoms with Crippen molar-refractivity contribution in [1.29, 1.82) is 0 Å². The van der Waals surface area contributed by atoms with E-state index in [1.54, 1.807) is 18.8 Å². The highest BCUT2D eigenvalue weighted by molar-refractivity contribution is 5.39. The largest absolute Gasteiger partial charge is 0.497 e. The standard InChI is InChI=1S/C22H26N4O3/c1-28-19-11-16(12-20(13-19)29-2)15-25-22(27)26(18-8-4-3-5-9-18)21(24-25)17-7-6-10-23-14-17/h3-5,8-9,11-13,17,23H,6-7,10,14-15H2,1-2H3/t17-/m1/s1. The van der Waals surface area contributed by atoms with Crippen molar-refractivity contribution >= 4 is 0 Å². The summed E-state index contributed by atoms with van der Waals surface area (Å²) < 4.78 is 14.0. The van der Waals surface area contributed by atoms with Crippen LogP contribution in [0, 0.1) is 0 Å². The Kier molecular flexibility index (Phi) is 5.67. The first kappa shape index (κ1) is 19.3. The van der Waals surface area contributed by atoms with Gasteiger partial charge in [0.15, 0.2) is 0 Å². The van der Waals surface area contributed by atoms with Crippen molar-refractivity contribution in [3.05, 3.63) is 70.4 Å². The fourth-order valence-corrected chi connectivity index (χ4v) is 3.81. The van der Waals surface area contributed by atoms with Gasteiger partial charge in [-0.25, -0.2) is 14.0 Å². The van der Waals surface area contributed by atoms with Crippen LogP contribution >= 0.6 is 0 Å². The molecule has 29 heavy (non-hydrogen) atoms. The molecule has 0 radical (unpaired) electrons.